The number of nitrogens with one attached hydrogen (secondary N) is 1. The topological polar surface area (TPSA) is 71.3 Å². The maximum absolute atomic E-state index is 12.5. The van der Waals surface area contributed by atoms with Crippen molar-refractivity contribution in [2.75, 3.05) is 6.54 Å². The van der Waals surface area contributed by atoms with Gasteiger partial charge in [0.2, 0.25) is 0 Å². The maximum atomic E-state index is 12.5. The minimum atomic E-state index is -0.826. The highest BCUT2D eigenvalue weighted by Crippen LogP contribution is 2.45. The highest BCUT2D eigenvalue weighted by molar-refractivity contribution is 5.96. The molecule has 126 valence electrons. The first-order valence-electron chi connectivity index (χ1n) is 8.12. The van der Waals surface area contributed by atoms with E-state index in [-0.39, 0.29) is 12.5 Å². The summed E-state index contributed by atoms with van der Waals surface area (Å²) in [6.45, 7) is 6.11. The van der Waals surface area contributed by atoms with E-state index in [0.29, 0.717) is 18.4 Å². The Bertz CT molecular complexity index is 816. The van der Waals surface area contributed by atoms with Gasteiger partial charge in [-0.1, -0.05) is 18.2 Å². The average molecular weight is 326 g/mol. The Balaban J connectivity index is 1.85. The molecule has 1 aromatic carbocycles. The van der Waals surface area contributed by atoms with Gasteiger partial charge in [-0.2, -0.15) is 0 Å². The number of aromatic nitrogens is 1. The molecule has 1 heterocycles. The fraction of sp³-hybridized carbons (Fsp3) is 0.368. The summed E-state index contributed by atoms with van der Waals surface area (Å²) in [4.78, 5) is 23.8. The predicted octanol–water partition coefficient (Wildman–Crippen LogP) is 3.00. The SMILES string of the molecule is Cc1ccccc1-n1c(C)cc(C(=O)NCC2(C(=O)O)CC2)c1C. The summed E-state index contributed by atoms with van der Waals surface area (Å²) in [5.41, 5.74) is 3.87. The Morgan fingerprint density at radius 3 is 2.46 bits per heavy atom. The lowest BCUT2D eigenvalue weighted by Crippen LogP contribution is -2.34. The number of hydrogen-bond acceptors (Lipinski definition) is 2. The zero-order valence-electron chi connectivity index (χ0n) is 14.2. The third kappa shape index (κ3) is 2.70. The Morgan fingerprint density at radius 2 is 1.88 bits per heavy atom. The third-order valence-corrected chi connectivity index (χ3v) is 4.93. The average Bonchev–Trinajstić information content (AvgIpc) is 3.28. The molecule has 1 aliphatic rings. The summed E-state index contributed by atoms with van der Waals surface area (Å²) in [5, 5.41) is 12.0. The summed E-state index contributed by atoms with van der Waals surface area (Å²) >= 11 is 0. The number of para-hydroxylation sites is 1. The molecule has 0 bridgehead atoms. The van der Waals surface area contributed by atoms with Crippen LogP contribution in [0.4, 0.5) is 0 Å². The van der Waals surface area contributed by atoms with E-state index < -0.39 is 11.4 Å². The molecule has 24 heavy (non-hydrogen) atoms. The molecule has 0 radical (unpaired) electrons. The lowest BCUT2D eigenvalue weighted by atomic mass is 10.1. The van der Waals surface area contributed by atoms with Crippen LogP contribution >= 0.6 is 0 Å². The fourth-order valence-electron chi connectivity index (χ4n) is 3.14. The molecule has 1 saturated carbocycles. The monoisotopic (exact) mass is 326 g/mol. The molecule has 0 aliphatic heterocycles. The number of aryl methyl sites for hydroxylation is 2. The van der Waals surface area contributed by atoms with E-state index in [1.54, 1.807) is 0 Å². The van der Waals surface area contributed by atoms with Gasteiger partial charge in [-0.15, -0.1) is 0 Å². The van der Waals surface area contributed by atoms with Gasteiger partial charge in [-0.25, -0.2) is 0 Å². The molecule has 2 N–H and O–H groups in total. The van der Waals surface area contributed by atoms with Gasteiger partial charge in [0, 0.05) is 23.6 Å². The van der Waals surface area contributed by atoms with Crippen LogP contribution in [0.25, 0.3) is 5.69 Å². The van der Waals surface area contributed by atoms with Crippen LogP contribution in [-0.4, -0.2) is 28.1 Å². The van der Waals surface area contributed by atoms with E-state index in [2.05, 4.69) is 9.88 Å². The molecular formula is C19H22N2O3. The van der Waals surface area contributed by atoms with Crippen LogP contribution in [0.15, 0.2) is 30.3 Å². The highest BCUT2D eigenvalue weighted by Gasteiger charge is 2.50. The first-order chi connectivity index (χ1) is 11.4. The van der Waals surface area contributed by atoms with Gasteiger partial charge in [-0.05, 0) is 51.3 Å². The number of carboxylic acids is 1. The van der Waals surface area contributed by atoms with E-state index in [1.165, 1.54) is 0 Å². The second-order valence-electron chi connectivity index (χ2n) is 6.67. The number of carbonyl (C=O) groups is 2. The van der Waals surface area contributed by atoms with Crippen molar-refractivity contribution < 1.29 is 14.7 Å². The molecule has 0 unspecified atom stereocenters. The van der Waals surface area contributed by atoms with E-state index in [0.717, 1.165) is 22.6 Å². The van der Waals surface area contributed by atoms with Crippen molar-refractivity contribution in [1.29, 1.82) is 0 Å². The van der Waals surface area contributed by atoms with Gasteiger partial charge < -0.3 is 15.0 Å². The quantitative estimate of drug-likeness (QED) is 0.887. The molecule has 0 saturated heterocycles. The zero-order chi connectivity index (χ0) is 17.5. The van der Waals surface area contributed by atoms with Crippen molar-refractivity contribution in [3.05, 3.63) is 52.8 Å². The number of carbonyl (C=O) groups excluding carboxylic acids is 1. The van der Waals surface area contributed by atoms with Crippen molar-refractivity contribution in [3.63, 3.8) is 0 Å². The summed E-state index contributed by atoms with van der Waals surface area (Å²) < 4.78 is 2.06. The van der Waals surface area contributed by atoms with Gasteiger partial charge in [0.25, 0.3) is 5.91 Å². The van der Waals surface area contributed by atoms with Gasteiger partial charge in [0.15, 0.2) is 0 Å². The number of carboxylic acid groups (broad SMARTS) is 1. The minimum absolute atomic E-state index is 0.190. The van der Waals surface area contributed by atoms with Crippen molar-refractivity contribution in [1.82, 2.24) is 9.88 Å². The van der Waals surface area contributed by atoms with Gasteiger partial charge in [-0.3, -0.25) is 9.59 Å². The Labute approximate surface area is 141 Å². The second-order valence-corrected chi connectivity index (χ2v) is 6.67. The largest absolute Gasteiger partial charge is 0.481 e. The van der Waals surface area contributed by atoms with Gasteiger partial charge >= 0.3 is 5.97 Å². The van der Waals surface area contributed by atoms with Crippen molar-refractivity contribution >= 4 is 11.9 Å². The minimum Gasteiger partial charge on any atom is -0.481 e. The van der Waals surface area contributed by atoms with Crippen LogP contribution in [0.3, 0.4) is 0 Å². The number of rotatable bonds is 5. The Hall–Kier alpha value is -2.56. The third-order valence-electron chi connectivity index (χ3n) is 4.93. The van der Waals surface area contributed by atoms with Crippen LogP contribution in [-0.2, 0) is 4.79 Å². The Kier molecular flexibility index (Phi) is 3.95. The molecule has 0 atom stereocenters. The number of nitrogens with zero attached hydrogens (tertiary/aromatic N) is 1. The van der Waals surface area contributed by atoms with Crippen LogP contribution in [0.2, 0.25) is 0 Å². The standard InChI is InChI=1S/C19H22N2O3/c1-12-6-4-5-7-16(12)21-13(2)10-15(14(21)3)17(22)20-11-19(8-9-19)18(23)24/h4-7,10H,8-9,11H2,1-3H3,(H,20,22)(H,23,24). The summed E-state index contributed by atoms with van der Waals surface area (Å²) in [6, 6.07) is 9.89. The summed E-state index contributed by atoms with van der Waals surface area (Å²) in [6.07, 6.45) is 1.26. The van der Waals surface area contributed by atoms with Crippen LogP contribution in [0, 0.1) is 26.2 Å². The number of hydrogen-bond donors (Lipinski definition) is 2. The fourth-order valence-corrected chi connectivity index (χ4v) is 3.14. The molecule has 3 rings (SSSR count). The first-order valence-corrected chi connectivity index (χ1v) is 8.12. The zero-order valence-corrected chi connectivity index (χ0v) is 14.2. The maximum Gasteiger partial charge on any atom is 0.311 e. The predicted molar refractivity (Wildman–Crippen MR) is 91.6 cm³/mol. The molecule has 1 aliphatic carbocycles. The number of amides is 1. The van der Waals surface area contributed by atoms with E-state index in [4.69, 9.17) is 0 Å². The lowest BCUT2D eigenvalue weighted by Gasteiger charge is -2.13. The summed E-state index contributed by atoms with van der Waals surface area (Å²) in [7, 11) is 0. The molecule has 0 spiro atoms. The molecule has 5 nitrogen and oxygen atoms in total. The molecule has 1 aromatic heterocycles. The normalized spacial score (nSPS) is 15.1. The van der Waals surface area contributed by atoms with E-state index in [9.17, 15) is 14.7 Å². The number of aliphatic carboxylic acids is 1. The smallest absolute Gasteiger partial charge is 0.311 e. The van der Waals surface area contributed by atoms with E-state index in [1.807, 2.05) is 51.1 Å². The van der Waals surface area contributed by atoms with Gasteiger partial charge in [0.1, 0.15) is 0 Å². The van der Waals surface area contributed by atoms with Crippen molar-refractivity contribution in [2.45, 2.75) is 33.6 Å². The molecule has 1 fully saturated rings. The van der Waals surface area contributed by atoms with Crippen LogP contribution in [0.5, 0.6) is 0 Å². The van der Waals surface area contributed by atoms with Gasteiger partial charge in [0.05, 0.1) is 11.0 Å². The van der Waals surface area contributed by atoms with Crippen molar-refractivity contribution in [3.8, 4) is 5.69 Å². The van der Waals surface area contributed by atoms with Crippen LogP contribution < -0.4 is 5.32 Å². The van der Waals surface area contributed by atoms with Crippen molar-refractivity contribution in [2.24, 2.45) is 5.41 Å². The number of benzene rings is 1. The highest BCUT2D eigenvalue weighted by atomic mass is 16.4. The van der Waals surface area contributed by atoms with Crippen LogP contribution in [0.1, 0.15) is 40.2 Å². The second kappa shape index (κ2) is 5.82. The summed E-state index contributed by atoms with van der Waals surface area (Å²) in [5.74, 6) is -1.04. The first kappa shape index (κ1) is 16.3. The molecule has 2 aromatic rings. The lowest BCUT2D eigenvalue weighted by molar-refractivity contribution is -0.143. The Morgan fingerprint density at radius 1 is 1.21 bits per heavy atom. The molecular weight excluding hydrogens is 304 g/mol. The molecule has 1 amide bonds. The molecule has 5 heteroatoms. The van der Waals surface area contributed by atoms with E-state index >= 15 is 0 Å².